The number of thiophene rings is 1. The predicted molar refractivity (Wildman–Crippen MR) is 87.3 cm³/mol. The Morgan fingerprint density at radius 1 is 1.43 bits per heavy atom. The van der Waals surface area contributed by atoms with Crippen molar-refractivity contribution in [3.8, 4) is 0 Å². The van der Waals surface area contributed by atoms with Gasteiger partial charge in [-0.1, -0.05) is 36.7 Å². The lowest BCUT2D eigenvalue weighted by molar-refractivity contribution is -0.385. The number of nitro groups is 1. The van der Waals surface area contributed by atoms with E-state index in [4.69, 9.17) is 11.6 Å². The van der Waals surface area contributed by atoms with Crippen molar-refractivity contribution < 1.29 is 4.92 Å². The van der Waals surface area contributed by atoms with E-state index in [1.54, 1.807) is 29.5 Å². The summed E-state index contributed by atoms with van der Waals surface area (Å²) in [5.41, 5.74) is 1.92. The van der Waals surface area contributed by atoms with Gasteiger partial charge in [0, 0.05) is 22.5 Å². The number of benzene rings is 1. The van der Waals surface area contributed by atoms with Crippen LogP contribution in [0.1, 0.15) is 29.0 Å². The maximum absolute atomic E-state index is 11.1. The second-order valence-electron chi connectivity index (χ2n) is 4.80. The molecule has 1 heterocycles. The molecule has 1 aromatic heterocycles. The van der Waals surface area contributed by atoms with Gasteiger partial charge in [0.25, 0.3) is 5.69 Å². The lowest BCUT2D eigenvalue weighted by Crippen LogP contribution is -2.22. The van der Waals surface area contributed by atoms with Gasteiger partial charge in [-0.25, -0.2) is 0 Å². The van der Waals surface area contributed by atoms with Gasteiger partial charge in [-0.05, 0) is 30.8 Å². The van der Waals surface area contributed by atoms with Gasteiger partial charge in [-0.3, -0.25) is 10.1 Å². The van der Waals surface area contributed by atoms with E-state index in [1.165, 1.54) is 0 Å². The van der Waals surface area contributed by atoms with E-state index in [0.717, 1.165) is 27.6 Å². The molecule has 2 aromatic rings. The van der Waals surface area contributed by atoms with Gasteiger partial charge >= 0.3 is 0 Å². The number of likely N-dealkylation sites (N-methyl/N-ethyl adjacent to an activating group) is 1. The SMILES string of the molecule is CCNC(Cc1ccccc1[N+](=O)[O-])c1scc(C)c1Cl. The smallest absolute Gasteiger partial charge is 0.272 e. The maximum Gasteiger partial charge on any atom is 0.272 e. The van der Waals surface area contributed by atoms with Gasteiger partial charge in [-0.15, -0.1) is 11.3 Å². The molecule has 112 valence electrons. The number of aryl methyl sites for hydroxylation is 1. The van der Waals surface area contributed by atoms with Gasteiger partial charge in [0.15, 0.2) is 0 Å². The van der Waals surface area contributed by atoms with Crippen LogP contribution >= 0.6 is 22.9 Å². The van der Waals surface area contributed by atoms with Crippen molar-refractivity contribution >= 4 is 28.6 Å². The van der Waals surface area contributed by atoms with E-state index in [0.29, 0.717) is 6.42 Å². The van der Waals surface area contributed by atoms with Crippen LogP contribution in [0.25, 0.3) is 0 Å². The Morgan fingerprint density at radius 2 is 2.14 bits per heavy atom. The third-order valence-corrected chi connectivity index (χ3v) is 5.13. The molecule has 0 aliphatic rings. The van der Waals surface area contributed by atoms with Crippen LogP contribution in [0, 0.1) is 17.0 Å². The zero-order valence-corrected chi connectivity index (χ0v) is 13.5. The number of hydrogen-bond donors (Lipinski definition) is 1. The van der Waals surface area contributed by atoms with Crippen LogP contribution in [0.5, 0.6) is 0 Å². The molecule has 4 nitrogen and oxygen atoms in total. The number of rotatable bonds is 6. The summed E-state index contributed by atoms with van der Waals surface area (Å²) in [6.07, 6.45) is 0.546. The molecular formula is C15H17ClN2O2S. The van der Waals surface area contributed by atoms with Crippen molar-refractivity contribution in [2.45, 2.75) is 26.3 Å². The molecule has 1 aromatic carbocycles. The van der Waals surface area contributed by atoms with Crippen molar-refractivity contribution in [3.63, 3.8) is 0 Å². The molecule has 0 bridgehead atoms. The Hall–Kier alpha value is -1.43. The third kappa shape index (κ3) is 3.61. The fourth-order valence-corrected chi connectivity index (χ4v) is 3.67. The molecule has 0 saturated heterocycles. The first-order valence-electron chi connectivity index (χ1n) is 6.73. The first-order valence-corrected chi connectivity index (χ1v) is 7.99. The lowest BCUT2D eigenvalue weighted by atomic mass is 10.0. The molecule has 1 N–H and O–H groups in total. The van der Waals surface area contributed by atoms with Crippen LogP contribution in [0.3, 0.4) is 0 Å². The molecule has 0 fully saturated rings. The highest BCUT2D eigenvalue weighted by Gasteiger charge is 2.21. The second-order valence-corrected chi connectivity index (χ2v) is 6.09. The quantitative estimate of drug-likeness (QED) is 0.628. The molecule has 0 saturated carbocycles. The topological polar surface area (TPSA) is 55.2 Å². The Morgan fingerprint density at radius 3 is 2.71 bits per heavy atom. The monoisotopic (exact) mass is 324 g/mol. The standard InChI is InChI=1S/C15H17ClN2O2S/c1-3-17-12(15-14(16)10(2)9-21-15)8-11-6-4-5-7-13(11)18(19)20/h4-7,9,12,17H,3,8H2,1-2H3. The summed E-state index contributed by atoms with van der Waals surface area (Å²) in [7, 11) is 0. The highest BCUT2D eigenvalue weighted by Crippen LogP contribution is 2.35. The molecule has 6 heteroatoms. The number of nitro benzene ring substituents is 1. The van der Waals surface area contributed by atoms with E-state index in [-0.39, 0.29) is 16.7 Å². The van der Waals surface area contributed by atoms with Gasteiger partial charge in [-0.2, -0.15) is 0 Å². The summed E-state index contributed by atoms with van der Waals surface area (Å²) in [4.78, 5) is 11.8. The predicted octanol–water partition coefficient (Wildman–Crippen LogP) is 4.51. The Kier molecular flexibility index (Phi) is 5.33. The summed E-state index contributed by atoms with van der Waals surface area (Å²) < 4.78 is 0. The van der Waals surface area contributed by atoms with E-state index in [1.807, 2.05) is 25.3 Å². The Balaban J connectivity index is 2.33. The van der Waals surface area contributed by atoms with Crippen LogP contribution in [0.15, 0.2) is 29.6 Å². The van der Waals surface area contributed by atoms with Crippen molar-refractivity contribution in [3.05, 3.63) is 60.8 Å². The molecule has 21 heavy (non-hydrogen) atoms. The molecule has 0 spiro atoms. The van der Waals surface area contributed by atoms with E-state index < -0.39 is 0 Å². The highest BCUT2D eigenvalue weighted by atomic mass is 35.5. The minimum atomic E-state index is -0.334. The third-order valence-electron chi connectivity index (χ3n) is 3.30. The largest absolute Gasteiger partial charge is 0.309 e. The minimum absolute atomic E-state index is 0.0118. The number of halogens is 1. The number of nitrogens with one attached hydrogen (secondary N) is 1. The number of nitrogens with zero attached hydrogens (tertiary/aromatic N) is 1. The zero-order valence-electron chi connectivity index (χ0n) is 11.9. The normalized spacial score (nSPS) is 12.3. The highest BCUT2D eigenvalue weighted by molar-refractivity contribution is 7.10. The van der Waals surface area contributed by atoms with E-state index >= 15 is 0 Å². The summed E-state index contributed by atoms with van der Waals surface area (Å²) in [5.74, 6) is 0. The molecule has 0 radical (unpaired) electrons. The molecule has 0 amide bonds. The molecule has 1 unspecified atom stereocenters. The van der Waals surface area contributed by atoms with Crippen molar-refractivity contribution in [1.29, 1.82) is 0 Å². The summed E-state index contributed by atoms with van der Waals surface area (Å²) >= 11 is 7.94. The second kappa shape index (κ2) is 7.02. The molecule has 0 aliphatic heterocycles. The van der Waals surface area contributed by atoms with Gasteiger partial charge in [0.05, 0.1) is 9.95 Å². The molecule has 0 aliphatic carbocycles. The van der Waals surface area contributed by atoms with Crippen LogP contribution in [0.2, 0.25) is 5.02 Å². The average molecular weight is 325 g/mol. The molecule has 2 rings (SSSR count). The Labute approximate surface area is 132 Å². The van der Waals surface area contributed by atoms with Gasteiger partial charge in [0.2, 0.25) is 0 Å². The first kappa shape index (κ1) is 15.9. The molecular weight excluding hydrogens is 308 g/mol. The lowest BCUT2D eigenvalue weighted by Gasteiger charge is -2.17. The summed E-state index contributed by atoms with van der Waals surface area (Å²) in [6.45, 7) is 4.76. The van der Waals surface area contributed by atoms with E-state index in [9.17, 15) is 10.1 Å². The number of hydrogen-bond acceptors (Lipinski definition) is 4. The van der Waals surface area contributed by atoms with Crippen molar-refractivity contribution in [1.82, 2.24) is 5.32 Å². The first-order chi connectivity index (χ1) is 10.0. The fourth-order valence-electron chi connectivity index (χ4n) is 2.27. The van der Waals surface area contributed by atoms with Crippen LogP contribution in [0.4, 0.5) is 5.69 Å². The fraction of sp³-hybridized carbons (Fsp3) is 0.333. The Bertz CT molecular complexity index is 642. The van der Waals surface area contributed by atoms with Gasteiger partial charge in [0.1, 0.15) is 0 Å². The van der Waals surface area contributed by atoms with Crippen molar-refractivity contribution in [2.24, 2.45) is 0 Å². The number of para-hydroxylation sites is 1. The van der Waals surface area contributed by atoms with Crippen molar-refractivity contribution in [2.75, 3.05) is 6.54 Å². The molecule has 1 atom stereocenters. The van der Waals surface area contributed by atoms with Gasteiger partial charge < -0.3 is 5.32 Å². The van der Waals surface area contributed by atoms with Crippen LogP contribution in [-0.4, -0.2) is 11.5 Å². The average Bonchev–Trinajstić information content (AvgIpc) is 2.79. The zero-order chi connectivity index (χ0) is 15.4. The van der Waals surface area contributed by atoms with E-state index in [2.05, 4.69) is 5.32 Å². The summed E-state index contributed by atoms with van der Waals surface area (Å²) in [6, 6.07) is 6.84. The summed E-state index contributed by atoms with van der Waals surface area (Å²) in [5, 5.41) is 17.3. The maximum atomic E-state index is 11.1. The van der Waals surface area contributed by atoms with Crippen LogP contribution < -0.4 is 5.32 Å². The minimum Gasteiger partial charge on any atom is -0.309 e. The van der Waals surface area contributed by atoms with Crippen LogP contribution in [-0.2, 0) is 6.42 Å².